The number of nitrogens with two attached hydrogens (primary N) is 1. The number of benzene rings is 1. The van der Waals surface area contributed by atoms with Crippen molar-refractivity contribution in [2.24, 2.45) is 5.73 Å². The van der Waals surface area contributed by atoms with Crippen molar-refractivity contribution in [3.63, 3.8) is 0 Å². The minimum absolute atomic E-state index is 0.0871. The summed E-state index contributed by atoms with van der Waals surface area (Å²) in [5, 5.41) is 0. The summed E-state index contributed by atoms with van der Waals surface area (Å²) in [4.78, 5) is 0. The standard InChI is InChI=1S/C9H11F2NO/c10-9(11)7-3-1-2-4-8(7)13-6-5-12/h1-4,9H,5-6,12H2. The first-order valence-electron chi connectivity index (χ1n) is 3.95. The van der Waals surface area contributed by atoms with Gasteiger partial charge in [0, 0.05) is 6.54 Å². The highest BCUT2D eigenvalue weighted by Crippen LogP contribution is 2.28. The summed E-state index contributed by atoms with van der Waals surface area (Å²) >= 11 is 0. The molecule has 0 unspecified atom stereocenters. The Morgan fingerprint density at radius 3 is 2.62 bits per heavy atom. The molecule has 0 fully saturated rings. The Kier molecular flexibility index (Phi) is 3.64. The number of ether oxygens (including phenoxy) is 1. The van der Waals surface area contributed by atoms with Crippen molar-refractivity contribution < 1.29 is 13.5 Å². The van der Waals surface area contributed by atoms with Gasteiger partial charge >= 0.3 is 0 Å². The van der Waals surface area contributed by atoms with E-state index in [1.807, 2.05) is 0 Å². The van der Waals surface area contributed by atoms with Gasteiger partial charge in [-0.15, -0.1) is 0 Å². The number of hydrogen-bond donors (Lipinski definition) is 1. The van der Waals surface area contributed by atoms with E-state index in [-0.39, 0.29) is 17.9 Å². The van der Waals surface area contributed by atoms with Crippen molar-refractivity contribution in [2.75, 3.05) is 13.2 Å². The second kappa shape index (κ2) is 4.77. The molecule has 0 aliphatic carbocycles. The smallest absolute Gasteiger partial charge is 0.267 e. The van der Waals surface area contributed by atoms with Crippen molar-refractivity contribution in [1.82, 2.24) is 0 Å². The van der Waals surface area contributed by atoms with E-state index >= 15 is 0 Å². The molecule has 0 spiro atoms. The van der Waals surface area contributed by atoms with Gasteiger partial charge in [0.15, 0.2) is 0 Å². The Labute approximate surface area is 75.3 Å². The van der Waals surface area contributed by atoms with E-state index < -0.39 is 6.43 Å². The molecule has 0 saturated carbocycles. The van der Waals surface area contributed by atoms with E-state index in [2.05, 4.69) is 0 Å². The van der Waals surface area contributed by atoms with Crippen molar-refractivity contribution in [2.45, 2.75) is 6.43 Å². The van der Waals surface area contributed by atoms with Crippen LogP contribution < -0.4 is 10.5 Å². The predicted molar refractivity (Wildman–Crippen MR) is 45.9 cm³/mol. The quantitative estimate of drug-likeness (QED) is 0.782. The maximum atomic E-state index is 12.3. The van der Waals surface area contributed by atoms with Crippen LogP contribution in [0.3, 0.4) is 0 Å². The highest BCUT2D eigenvalue weighted by atomic mass is 19.3. The predicted octanol–water partition coefficient (Wildman–Crippen LogP) is 1.96. The van der Waals surface area contributed by atoms with Gasteiger partial charge in [0.05, 0.1) is 5.56 Å². The average Bonchev–Trinajstić information content (AvgIpc) is 2.15. The molecular weight excluding hydrogens is 176 g/mol. The van der Waals surface area contributed by atoms with Crippen LogP contribution in [-0.4, -0.2) is 13.2 Å². The van der Waals surface area contributed by atoms with Crippen LogP contribution in [0.4, 0.5) is 8.78 Å². The molecule has 13 heavy (non-hydrogen) atoms. The lowest BCUT2D eigenvalue weighted by Gasteiger charge is -2.09. The summed E-state index contributed by atoms with van der Waals surface area (Å²) in [7, 11) is 0. The Bertz CT molecular complexity index is 266. The largest absolute Gasteiger partial charge is 0.492 e. The fraction of sp³-hybridized carbons (Fsp3) is 0.333. The number of alkyl halides is 2. The maximum Gasteiger partial charge on any atom is 0.267 e. The summed E-state index contributed by atoms with van der Waals surface area (Å²) in [5.74, 6) is 0.211. The second-order valence-electron chi connectivity index (χ2n) is 2.48. The van der Waals surface area contributed by atoms with Crippen molar-refractivity contribution in [3.8, 4) is 5.75 Å². The van der Waals surface area contributed by atoms with E-state index in [1.165, 1.54) is 12.1 Å². The van der Waals surface area contributed by atoms with Crippen LogP contribution in [0.2, 0.25) is 0 Å². The fourth-order valence-corrected chi connectivity index (χ4v) is 0.961. The molecule has 0 aliphatic heterocycles. The summed E-state index contributed by atoms with van der Waals surface area (Å²) in [6, 6.07) is 6.06. The van der Waals surface area contributed by atoms with E-state index in [9.17, 15) is 8.78 Å². The summed E-state index contributed by atoms with van der Waals surface area (Å²) in [6.45, 7) is 0.571. The zero-order valence-electron chi connectivity index (χ0n) is 7.04. The molecule has 2 N–H and O–H groups in total. The Morgan fingerprint density at radius 2 is 2.00 bits per heavy atom. The van der Waals surface area contributed by atoms with Crippen LogP contribution in [-0.2, 0) is 0 Å². The van der Waals surface area contributed by atoms with Gasteiger partial charge in [-0.3, -0.25) is 0 Å². The molecule has 0 saturated heterocycles. The molecule has 0 atom stereocenters. The third-order valence-electron chi connectivity index (χ3n) is 1.53. The first-order chi connectivity index (χ1) is 6.25. The summed E-state index contributed by atoms with van der Waals surface area (Å²) in [6.07, 6.45) is -2.51. The van der Waals surface area contributed by atoms with E-state index in [0.29, 0.717) is 6.54 Å². The van der Waals surface area contributed by atoms with Crippen LogP contribution in [0.25, 0.3) is 0 Å². The van der Waals surface area contributed by atoms with Crippen LogP contribution in [0.5, 0.6) is 5.75 Å². The zero-order chi connectivity index (χ0) is 9.68. The number of para-hydroxylation sites is 1. The zero-order valence-corrected chi connectivity index (χ0v) is 7.04. The first kappa shape index (κ1) is 9.92. The number of rotatable bonds is 4. The Hall–Kier alpha value is -1.16. The van der Waals surface area contributed by atoms with Crippen LogP contribution in [0.1, 0.15) is 12.0 Å². The lowest BCUT2D eigenvalue weighted by molar-refractivity contribution is 0.145. The number of halogens is 2. The van der Waals surface area contributed by atoms with Gasteiger partial charge < -0.3 is 10.5 Å². The molecule has 1 aromatic rings. The summed E-state index contributed by atoms with van der Waals surface area (Å²) < 4.78 is 29.7. The van der Waals surface area contributed by atoms with Crippen LogP contribution >= 0.6 is 0 Å². The van der Waals surface area contributed by atoms with E-state index in [1.54, 1.807) is 12.1 Å². The van der Waals surface area contributed by atoms with Crippen LogP contribution in [0, 0.1) is 0 Å². The highest BCUT2D eigenvalue weighted by molar-refractivity contribution is 5.34. The molecule has 0 bridgehead atoms. The molecular formula is C9H11F2NO. The normalized spacial score (nSPS) is 10.5. The van der Waals surface area contributed by atoms with Gasteiger partial charge in [-0.25, -0.2) is 8.78 Å². The van der Waals surface area contributed by atoms with Crippen LogP contribution in [0.15, 0.2) is 24.3 Å². The molecule has 72 valence electrons. The SMILES string of the molecule is NCCOc1ccccc1C(F)F. The van der Waals surface area contributed by atoms with Gasteiger partial charge in [0.25, 0.3) is 6.43 Å². The van der Waals surface area contributed by atoms with Gasteiger partial charge in [0.1, 0.15) is 12.4 Å². The topological polar surface area (TPSA) is 35.2 Å². The summed E-state index contributed by atoms with van der Waals surface area (Å²) in [5.41, 5.74) is 5.10. The maximum absolute atomic E-state index is 12.3. The lowest BCUT2D eigenvalue weighted by Crippen LogP contribution is -2.11. The number of hydrogen-bond acceptors (Lipinski definition) is 2. The molecule has 0 amide bonds. The third-order valence-corrected chi connectivity index (χ3v) is 1.53. The molecule has 4 heteroatoms. The molecule has 0 radical (unpaired) electrons. The second-order valence-corrected chi connectivity index (χ2v) is 2.48. The minimum Gasteiger partial charge on any atom is -0.492 e. The third kappa shape index (κ3) is 2.66. The fourth-order valence-electron chi connectivity index (χ4n) is 0.961. The van der Waals surface area contributed by atoms with Gasteiger partial charge in [-0.1, -0.05) is 12.1 Å². The van der Waals surface area contributed by atoms with Gasteiger partial charge in [-0.05, 0) is 12.1 Å². The van der Waals surface area contributed by atoms with Gasteiger partial charge in [-0.2, -0.15) is 0 Å². The Balaban J connectivity index is 2.78. The van der Waals surface area contributed by atoms with Crippen molar-refractivity contribution >= 4 is 0 Å². The lowest BCUT2D eigenvalue weighted by atomic mass is 10.2. The minimum atomic E-state index is -2.51. The monoisotopic (exact) mass is 187 g/mol. The molecule has 0 heterocycles. The van der Waals surface area contributed by atoms with E-state index in [4.69, 9.17) is 10.5 Å². The first-order valence-corrected chi connectivity index (χ1v) is 3.95. The van der Waals surface area contributed by atoms with E-state index in [0.717, 1.165) is 0 Å². The molecule has 1 aromatic carbocycles. The van der Waals surface area contributed by atoms with Gasteiger partial charge in [0.2, 0.25) is 0 Å². The Morgan fingerprint density at radius 1 is 1.31 bits per heavy atom. The average molecular weight is 187 g/mol. The van der Waals surface area contributed by atoms with Crippen molar-refractivity contribution in [3.05, 3.63) is 29.8 Å². The molecule has 0 aromatic heterocycles. The molecule has 2 nitrogen and oxygen atoms in total. The molecule has 0 aliphatic rings. The highest BCUT2D eigenvalue weighted by Gasteiger charge is 2.12. The molecule has 1 rings (SSSR count). The van der Waals surface area contributed by atoms with Crippen molar-refractivity contribution in [1.29, 1.82) is 0 Å².